The Labute approximate surface area is 135 Å². The van der Waals surface area contributed by atoms with Crippen LogP contribution in [0.25, 0.3) is 17.1 Å². The smallest absolute Gasteiger partial charge is 0.223 e. The number of fused-ring (bicyclic) bond motifs is 3. The maximum absolute atomic E-state index is 11.3. The molecule has 0 fully saturated rings. The van der Waals surface area contributed by atoms with Crippen molar-refractivity contribution >= 4 is 17.5 Å². The molecule has 0 spiro atoms. The van der Waals surface area contributed by atoms with Crippen molar-refractivity contribution in [3.8, 4) is 17.1 Å². The lowest BCUT2D eigenvalue weighted by Crippen LogP contribution is -2.15. The van der Waals surface area contributed by atoms with Gasteiger partial charge >= 0.3 is 0 Å². The van der Waals surface area contributed by atoms with E-state index in [0.29, 0.717) is 16.7 Å². The highest BCUT2D eigenvalue weighted by Gasteiger charge is 2.28. The number of aromatic nitrogens is 6. The first-order chi connectivity index (χ1) is 11.1. The number of aromatic amines is 1. The average molecular weight is 330 g/mol. The van der Waals surface area contributed by atoms with Gasteiger partial charge in [0, 0.05) is 16.8 Å². The number of hydrogen-bond donors (Lipinski definition) is 2. The highest BCUT2D eigenvalue weighted by molar-refractivity contribution is 6.29. The zero-order valence-electron chi connectivity index (χ0n) is 12.0. The number of nitrogens with two attached hydrogens (primary N) is 1. The Hall–Kier alpha value is -2.74. The molecule has 0 aliphatic heterocycles. The van der Waals surface area contributed by atoms with Crippen molar-refractivity contribution in [2.45, 2.75) is 19.3 Å². The molecule has 3 heterocycles. The molecule has 1 amide bonds. The number of halogens is 1. The molecule has 9 heteroatoms. The monoisotopic (exact) mass is 329 g/mol. The number of hydrogen-bond acceptors (Lipinski definition) is 5. The summed E-state index contributed by atoms with van der Waals surface area (Å²) in [5.41, 5.74) is 9.86. The van der Waals surface area contributed by atoms with Gasteiger partial charge in [0.15, 0.2) is 11.0 Å². The number of nitrogens with one attached hydrogen (secondary N) is 1. The van der Waals surface area contributed by atoms with Gasteiger partial charge in [0.05, 0.1) is 24.0 Å². The quantitative estimate of drug-likeness (QED) is 0.738. The van der Waals surface area contributed by atoms with Crippen LogP contribution in [0.15, 0.2) is 18.3 Å². The second kappa shape index (κ2) is 5.17. The van der Waals surface area contributed by atoms with Gasteiger partial charge in [0.25, 0.3) is 0 Å². The Morgan fingerprint density at radius 1 is 1.35 bits per heavy atom. The summed E-state index contributed by atoms with van der Waals surface area (Å²) in [5.74, 6) is 0.105. The van der Waals surface area contributed by atoms with Crippen LogP contribution in [0, 0.1) is 0 Å². The molecule has 0 atom stereocenters. The second-order valence-electron chi connectivity index (χ2n) is 5.31. The van der Waals surface area contributed by atoms with E-state index in [-0.39, 0.29) is 6.42 Å². The van der Waals surface area contributed by atoms with Gasteiger partial charge in [0.2, 0.25) is 5.91 Å². The van der Waals surface area contributed by atoms with Crippen molar-refractivity contribution in [2.75, 3.05) is 0 Å². The third-order valence-electron chi connectivity index (χ3n) is 3.84. The lowest BCUT2D eigenvalue weighted by atomic mass is 9.93. The first kappa shape index (κ1) is 13.9. The minimum atomic E-state index is -0.419. The van der Waals surface area contributed by atoms with Crippen LogP contribution in [-0.2, 0) is 24.1 Å². The molecule has 116 valence electrons. The highest BCUT2D eigenvalue weighted by Crippen LogP contribution is 2.35. The van der Waals surface area contributed by atoms with E-state index in [0.717, 1.165) is 35.4 Å². The zero-order valence-corrected chi connectivity index (χ0v) is 12.7. The SMILES string of the molecule is NC(=O)Cc1nn(-c2ccc(Cl)nn2)c2c1CCc1[nH]ncc1-2. The van der Waals surface area contributed by atoms with Gasteiger partial charge in [-0.05, 0) is 25.0 Å². The maximum atomic E-state index is 11.3. The fourth-order valence-corrected chi connectivity index (χ4v) is 2.99. The van der Waals surface area contributed by atoms with Crippen molar-refractivity contribution in [1.82, 2.24) is 30.2 Å². The molecule has 0 unspecified atom stereocenters. The predicted octanol–water partition coefficient (Wildman–Crippen LogP) is 0.832. The fraction of sp³-hybridized carbons (Fsp3) is 0.214. The molecule has 0 saturated heterocycles. The first-order valence-corrected chi connectivity index (χ1v) is 7.42. The van der Waals surface area contributed by atoms with Gasteiger partial charge in [-0.3, -0.25) is 9.89 Å². The number of primary amides is 1. The van der Waals surface area contributed by atoms with E-state index < -0.39 is 5.91 Å². The summed E-state index contributed by atoms with van der Waals surface area (Å²) in [4.78, 5) is 11.3. The summed E-state index contributed by atoms with van der Waals surface area (Å²) < 4.78 is 1.67. The summed E-state index contributed by atoms with van der Waals surface area (Å²) >= 11 is 5.80. The maximum Gasteiger partial charge on any atom is 0.223 e. The Morgan fingerprint density at radius 3 is 2.96 bits per heavy atom. The Morgan fingerprint density at radius 2 is 2.22 bits per heavy atom. The van der Waals surface area contributed by atoms with Crippen LogP contribution in [-0.4, -0.2) is 36.1 Å². The van der Waals surface area contributed by atoms with Crippen molar-refractivity contribution in [3.63, 3.8) is 0 Å². The standard InChI is InChI=1S/C14H12ClN7O/c15-11-3-4-13(20-19-11)22-14-7(10(21-22)5-12(16)23)1-2-9-8(14)6-17-18-9/h3-4,6H,1-2,5H2,(H2,16,23)(H,17,18). The normalized spacial score (nSPS) is 12.7. The molecule has 0 bridgehead atoms. The van der Waals surface area contributed by atoms with Gasteiger partial charge in [-0.15, -0.1) is 10.2 Å². The van der Waals surface area contributed by atoms with Gasteiger partial charge in [0.1, 0.15) is 0 Å². The fourth-order valence-electron chi connectivity index (χ4n) is 2.89. The molecular formula is C14H12ClN7O. The molecule has 23 heavy (non-hydrogen) atoms. The summed E-state index contributed by atoms with van der Waals surface area (Å²) in [7, 11) is 0. The van der Waals surface area contributed by atoms with E-state index >= 15 is 0 Å². The number of amides is 1. The lowest BCUT2D eigenvalue weighted by molar-refractivity contribution is -0.117. The number of rotatable bonds is 3. The van der Waals surface area contributed by atoms with E-state index in [1.165, 1.54) is 0 Å². The van der Waals surface area contributed by atoms with Crippen LogP contribution in [0.5, 0.6) is 0 Å². The number of nitrogens with zero attached hydrogens (tertiary/aromatic N) is 5. The molecule has 8 nitrogen and oxygen atoms in total. The minimum absolute atomic E-state index is 0.0868. The predicted molar refractivity (Wildman–Crippen MR) is 82.1 cm³/mol. The van der Waals surface area contributed by atoms with E-state index in [9.17, 15) is 4.79 Å². The summed E-state index contributed by atoms with van der Waals surface area (Å²) in [6.45, 7) is 0. The molecule has 3 aromatic rings. The molecule has 4 rings (SSSR count). The van der Waals surface area contributed by atoms with Crippen LogP contribution in [0.2, 0.25) is 5.15 Å². The summed E-state index contributed by atoms with van der Waals surface area (Å²) in [6.07, 6.45) is 3.41. The second-order valence-corrected chi connectivity index (χ2v) is 5.69. The molecule has 0 radical (unpaired) electrons. The third-order valence-corrected chi connectivity index (χ3v) is 4.04. The van der Waals surface area contributed by atoms with Crippen LogP contribution in [0.4, 0.5) is 0 Å². The zero-order chi connectivity index (χ0) is 16.0. The summed E-state index contributed by atoms with van der Waals surface area (Å²) in [6, 6.07) is 3.37. The van der Waals surface area contributed by atoms with E-state index in [2.05, 4.69) is 25.5 Å². The largest absolute Gasteiger partial charge is 0.369 e. The van der Waals surface area contributed by atoms with Crippen molar-refractivity contribution in [3.05, 3.63) is 40.4 Å². The molecule has 3 aromatic heterocycles. The number of carbonyl (C=O) groups excluding carboxylic acids is 1. The molecule has 1 aliphatic rings. The van der Waals surface area contributed by atoms with Crippen LogP contribution in [0.3, 0.4) is 0 Å². The van der Waals surface area contributed by atoms with Gasteiger partial charge in [-0.2, -0.15) is 10.2 Å². The Kier molecular flexibility index (Phi) is 3.12. The van der Waals surface area contributed by atoms with Crippen molar-refractivity contribution < 1.29 is 4.79 Å². The van der Waals surface area contributed by atoms with Gasteiger partial charge in [-0.25, -0.2) is 4.68 Å². The van der Waals surface area contributed by atoms with E-state index in [4.69, 9.17) is 17.3 Å². The number of carbonyl (C=O) groups is 1. The molecule has 0 aromatic carbocycles. The first-order valence-electron chi connectivity index (χ1n) is 7.05. The lowest BCUT2D eigenvalue weighted by Gasteiger charge is -2.14. The van der Waals surface area contributed by atoms with Crippen LogP contribution >= 0.6 is 11.6 Å². The Balaban J connectivity index is 1.94. The highest BCUT2D eigenvalue weighted by atomic mass is 35.5. The van der Waals surface area contributed by atoms with Gasteiger partial charge in [-0.1, -0.05) is 11.6 Å². The number of H-pyrrole nitrogens is 1. The molecule has 3 N–H and O–H groups in total. The third kappa shape index (κ3) is 2.27. The number of aryl methyl sites for hydroxylation is 1. The molecular weight excluding hydrogens is 318 g/mol. The van der Waals surface area contributed by atoms with Crippen LogP contribution < -0.4 is 5.73 Å². The van der Waals surface area contributed by atoms with E-state index in [1.807, 2.05) is 0 Å². The minimum Gasteiger partial charge on any atom is -0.369 e. The topological polar surface area (TPSA) is 115 Å². The Bertz CT molecular complexity index is 896. The van der Waals surface area contributed by atoms with E-state index in [1.54, 1.807) is 23.0 Å². The van der Waals surface area contributed by atoms with Gasteiger partial charge < -0.3 is 5.73 Å². The molecule has 1 aliphatic carbocycles. The molecule has 0 saturated carbocycles. The summed E-state index contributed by atoms with van der Waals surface area (Å²) in [5, 5.41) is 19.9. The van der Waals surface area contributed by atoms with Crippen molar-refractivity contribution in [2.24, 2.45) is 5.73 Å². The average Bonchev–Trinajstić information content (AvgIpc) is 3.12. The van der Waals surface area contributed by atoms with Crippen molar-refractivity contribution in [1.29, 1.82) is 0 Å². The van der Waals surface area contributed by atoms with Crippen LogP contribution in [0.1, 0.15) is 17.0 Å².